The van der Waals surface area contributed by atoms with Gasteiger partial charge in [-0.15, -0.1) is 0 Å². The lowest BCUT2D eigenvalue weighted by molar-refractivity contribution is -0.159. The smallest absolute Gasteiger partial charge is 0.330 e. The number of hydrogen-bond donors (Lipinski definition) is 1. The number of nitrogens with one attached hydrogen (secondary N) is 1. The molecule has 1 fully saturated rings. The fourth-order valence-corrected chi connectivity index (χ4v) is 4.93. The van der Waals surface area contributed by atoms with E-state index in [0.717, 1.165) is 18.5 Å². The number of benzene rings is 2. The molecule has 0 spiro atoms. The van der Waals surface area contributed by atoms with Crippen molar-refractivity contribution >= 4 is 24.6 Å². The molecule has 0 saturated carbocycles. The standard InChI is InChI=1S/C21H24NO5P/c23-20(27-21(24)19-12-7-14-22-19)16-28(25,18-10-5-2-6-11-18)26-15-13-17-8-3-1-4-9-17/h1-6,8-11,19,22H,7,12-16H2/t19-,28?/m0/s1. The number of esters is 2. The molecule has 28 heavy (non-hydrogen) atoms. The summed E-state index contributed by atoms with van der Waals surface area (Å²) in [6, 6.07) is 17.8. The molecule has 1 aliphatic rings. The first kappa shape index (κ1) is 20.5. The molecule has 0 amide bonds. The SMILES string of the molecule is O=C(CP(=O)(OCCc1ccccc1)c1ccccc1)OC(=O)[C@@H]1CCCN1. The summed E-state index contributed by atoms with van der Waals surface area (Å²) in [5.74, 6) is -1.45. The fourth-order valence-electron chi connectivity index (χ4n) is 3.09. The van der Waals surface area contributed by atoms with E-state index in [1.165, 1.54) is 0 Å². The molecule has 1 N–H and O–H groups in total. The minimum Gasteiger partial charge on any atom is -0.392 e. The second kappa shape index (κ2) is 9.78. The molecule has 7 heteroatoms. The van der Waals surface area contributed by atoms with Crippen molar-refractivity contribution in [2.45, 2.75) is 25.3 Å². The Bertz CT molecular complexity index is 834. The summed E-state index contributed by atoms with van der Waals surface area (Å²) >= 11 is 0. The van der Waals surface area contributed by atoms with E-state index < -0.39 is 31.5 Å². The summed E-state index contributed by atoms with van der Waals surface area (Å²) in [4.78, 5) is 24.4. The number of rotatable bonds is 8. The Hall–Kier alpha value is -2.27. The van der Waals surface area contributed by atoms with Gasteiger partial charge < -0.3 is 14.6 Å². The molecular formula is C21H24NO5P. The van der Waals surface area contributed by atoms with Crippen LogP contribution < -0.4 is 10.6 Å². The molecule has 0 aromatic heterocycles. The molecule has 2 aromatic carbocycles. The zero-order chi connectivity index (χ0) is 19.8. The number of ether oxygens (including phenoxy) is 1. The lowest BCUT2D eigenvalue weighted by atomic mass is 10.2. The number of carbonyl (C=O) groups is 2. The monoisotopic (exact) mass is 401 g/mol. The highest BCUT2D eigenvalue weighted by molar-refractivity contribution is 7.67. The van der Waals surface area contributed by atoms with Crippen LogP contribution in [0, 0.1) is 0 Å². The van der Waals surface area contributed by atoms with E-state index in [4.69, 9.17) is 9.26 Å². The van der Waals surface area contributed by atoms with Crippen LogP contribution in [-0.4, -0.2) is 37.3 Å². The molecule has 1 unspecified atom stereocenters. The lowest BCUT2D eigenvalue weighted by Gasteiger charge is -2.18. The van der Waals surface area contributed by atoms with Crippen LogP contribution in [-0.2, 0) is 29.8 Å². The van der Waals surface area contributed by atoms with E-state index in [-0.39, 0.29) is 6.61 Å². The van der Waals surface area contributed by atoms with Crippen molar-refractivity contribution in [3.63, 3.8) is 0 Å². The van der Waals surface area contributed by atoms with Gasteiger partial charge in [-0.3, -0.25) is 9.36 Å². The van der Waals surface area contributed by atoms with Crippen molar-refractivity contribution in [3.05, 3.63) is 66.2 Å². The fraction of sp³-hybridized carbons (Fsp3) is 0.333. The van der Waals surface area contributed by atoms with Gasteiger partial charge in [0.1, 0.15) is 12.2 Å². The van der Waals surface area contributed by atoms with Crippen LogP contribution in [0.2, 0.25) is 0 Å². The van der Waals surface area contributed by atoms with Crippen molar-refractivity contribution in [2.24, 2.45) is 0 Å². The largest absolute Gasteiger partial charge is 0.392 e. The zero-order valence-electron chi connectivity index (χ0n) is 15.6. The average Bonchev–Trinajstić information content (AvgIpc) is 3.24. The van der Waals surface area contributed by atoms with Gasteiger partial charge in [0.05, 0.1) is 6.61 Å². The first-order valence-corrected chi connectivity index (χ1v) is 11.2. The lowest BCUT2D eigenvalue weighted by Crippen LogP contribution is -2.34. The van der Waals surface area contributed by atoms with Crippen LogP contribution in [0.3, 0.4) is 0 Å². The maximum Gasteiger partial charge on any atom is 0.330 e. The van der Waals surface area contributed by atoms with Gasteiger partial charge in [0.2, 0.25) is 7.37 Å². The van der Waals surface area contributed by atoms with Crippen LogP contribution in [0.25, 0.3) is 0 Å². The third-order valence-electron chi connectivity index (χ3n) is 4.58. The maximum atomic E-state index is 13.5. The summed E-state index contributed by atoms with van der Waals surface area (Å²) in [5.41, 5.74) is 1.05. The van der Waals surface area contributed by atoms with Gasteiger partial charge >= 0.3 is 11.9 Å². The number of carbonyl (C=O) groups excluding carboxylic acids is 2. The van der Waals surface area contributed by atoms with Crippen LogP contribution >= 0.6 is 7.37 Å². The van der Waals surface area contributed by atoms with Gasteiger partial charge in [-0.2, -0.15) is 0 Å². The van der Waals surface area contributed by atoms with E-state index in [0.29, 0.717) is 18.1 Å². The summed E-state index contributed by atoms with van der Waals surface area (Å²) in [6.07, 6.45) is 1.59. The van der Waals surface area contributed by atoms with Crippen LogP contribution in [0.15, 0.2) is 60.7 Å². The quantitative estimate of drug-likeness (QED) is 0.416. The van der Waals surface area contributed by atoms with E-state index in [9.17, 15) is 14.2 Å². The summed E-state index contributed by atoms with van der Waals surface area (Å²) in [6.45, 7) is 0.917. The summed E-state index contributed by atoms with van der Waals surface area (Å²) in [7, 11) is -3.50. The highest BCUT2D eigenvalue weighted by Crippen LogP contribution is 2.45. The highest BCUT2D eigenvalue weighted by atomic mass is 31.2. The summed E-state index contributed by atoms with van der Waals surface area (Å²) in [5, 5.41) is 3.42. The van der Waals surface area contributed by atoms with Crippen molar-refractivity contribution < 1.29 is 23.4 Å². The summed E-state index contributed by atoms with van der Waals surface area (Å²) < 4.78 is 24.1. The van der Waals surface area contributed by atoms with Gasteiger partial charge in [-0.05, 0) is 43.5 Å². The van der Waals surface area contributed by atoms with Gasteiger partial charge in [0.25, 0.3) is 0 Å². The highest BCUT2D eigenvalue weighted by Gasteiger charge is 2.33. The molecule has 148 valence electrons. The average molecular weight is 401 g/mol. The van der Waals surface area contributed by atoms with E-state index >= 15 is 0 Å². The second-order valence-electron chi connectivity index (χ2n) is 6.68. The molecule has 3 rings (SSSR count). The third-order valence-corrected chi connectivity index (χ3v) is 6.94. The molecule has 1 saturated heterocycles. The minimum absolute atomic E-state index is 0.196. The van der Waals surface area contributed by atoms with Crippen LogP contribution in [0.4, 0.5) is 0 Å². The predicted octanol–water partition coefficient (Wildman–Crippen LogP) is 2.67. The van der Waals surface area contributed by atoms with Gasteiger partial charge in [-0.25, -0.2) is 4.79 Å². The predicted molar refractivity (Wildman–Crippen MR) is 107 cm³/mol. The molecule has 2 atom stereocenters. The minimum atomic E-state index is -3.50. The molecular weight excluding hydrogens is 377 g/mol. The molecule has 0 bridgehead atoms. The van der Waals surface area contributed by atoms with E-state index in [1.54, 1.807) is 30.3 Å². The molecule has 2 aromatic rings. The Labute approximate surface area is 164 Å². The van der Waals surface area contributed by atoms with Crippen LogP contribution in [0.1, 0.15) is 18.4 Å². The third kappa shape index (κ3) is 5.61. The normalized spacial score (nSPS) is 18.4. The Balaban J connectivity index is 1.65. The van der Waals surface area contributed by atoms with E-state index in [2.05, 4.69) is 5.32 Å². The molecule has 6 nitrogen and oxygen atoms in total. The van der Waals surface area contributed by atoms with E-state index in [1.807, 2.05) is 30.3 Å². The molecule has 0 radical (unpaired) electrons. The van der Waals surface area contributed by atoms with Crippen molar-refractivity contribution in [1.82, 2.24) is 5.32 Å². The second-order valence-corrected chi connectivity index (χ2v) is 9.12. The maximum absolute atomic E-state index is 13.5. The zero-order valence-corrected chi connectivity index (χ0v) is 16.5. The van der Waals surface area contributed by atoms with Gasteiger partial charge in [-0.1, -0.05) is 48.5 Å². The first-order chi connectivity index (χ1) is 13.6. The van der Waals surface area contributed by atoms with Crippen molar-refractivity contribution in [1.29, 1.82) is 0 Å². The van der Waals surface area contributed by atoms with Gasteiger partial charge in [0, 0.05) is 5.30 Å². The van der Waals surface area contributed by atoms with Crippen molar-refractivity contribution in [3.8, 4) is 0 Å². The molecule has 1 heterocycles. The van der Waals surface area contributed by atoms with Crippen molar-refractivity contribution in [2.75, 3.05) is 19.3 Å². The molecule has 1 aliphatic heterocycles. The van der Waals surface area contributed by atoms with Crippen LogP contribution in [0.5, 0.6) is 0 Å². The Morgan fingerprint density at radius 2 is 1.71 bits per heavy atom. The Morgan fingerprint density at radius 3 is 2.36 bits per heavy atom. The number of hydrogen-bond acceptors (Lipinski definition) is 6. The van der Waals surface area contributed by atoms with Gasteiger partial charge in [0.15, 0.2) is 0 Å². The molecule has 0 aliphatic carbocycles. The Kier molecular flexibility index (Phi) is 7.15. The topological polar surface area (TPSA) is 81.7 Å². The Morgan fingerprint density at radius 1 is 1.04 bits per heavy atom. The first-order valence-electron chi connectivity index (χ1n) is 9.38.